The van der Waals surface area contributed by atoms with E-state index in [2.05, 4.69) is 123 Å². The molecule has 7 rings (SSSR count). The van der Waals surface area contributed by atoms with Crippen molar-refractivity contribution in [3.63, 3.8) is 0 Å². The van der Waals surface area contributed by atoms with Crippen LogP contribution >= 0.6 is 15.9 Å². The predicted octanol–water partition coefficient (Wildman–Crippen LogP) is 7.90. The highest BCUT2D eigenvalue weighted by Gasteiger charge is 2.52. The Morgan fingerprint density at radius 1 is 0.800 bits per heavy atom. The van der Waals surface area contributed by atoms with Crippen molar-refractivity contribution in [3.05, 3.63) is 166 Å². The van der Waals surface area contributed by atoms with E-state index >= 15 is 0 Å². The average Bonchev–Trinajstić information content (AvgIpc) is 3.16. The van der Waals surface area contributed by atoms with Crippen LogP contribution in [0, 0.1) is 0 Å². The second-order valence-corrected chi connectivity index (χ2v) is 14.0. The van der Waals surface area contributed by atoms with Crippen molar-refractivity contribution < 1.29 is 19.4 Å². The number of methoxy groups -OCH3 is 1. The molecule has 1 unspecified atom stereocenters. The van der Waals surface area contributed by atoms with Gasteiger partial charge in [0.2, 0.25) is 0 Å². The highest BCUT2D eigenvalue weighted by atomic mass is 79.9. The van der Waals surface area contributed by atoms with Gasteiger partial charge in [0, 0.05) is 47.8 Å². The lowest BCUT2D eigenvalue weighted by atomic mass is 9.73. The number of hydrogen-bond donors (Lipinski definition) is 2. The van der Waals surface area contributed by atoms with E-state index in [9.17, 15) is 9.90 Å². The molecule has 8 heteroatoms. The summed E-state index contributed by atoms with van der Waals surface area (Å²) in [6.07, 6.45) is -0.109. The molecule has 5 aromatic rings. The summed E-state index contributed by atoms with van der Waals surface area (Å²) in [5, 5.41) is 14.4. The second kappa shape index (κ2) is 15.2. The number of carbonyl (C=O) groups excluding carboxylic acids is 1. The minimum Gasteiger partial charge on any atom is -0.497 e. The van der Waals surface area contributed by atoms with Crippen molar-refractivity contribution in [1.29, 1.82) is 0 Å². The summed E-state index contributed by atoms with van der Waals surface area (Å²) in [7, 11) is 1.62. The molecule has 0 bridgehead atoms. The maximum atomic E-state index is 13.7. The number of hydrogen-bond acceptors (Lipinski definition) is 5. The third-order valence-corrected chi connectivity index (χ3v) is 10.7. The van der Waals surface area contributed by atoms with Crippen LogP contribution in [0.5, 0.6) is 5.75 Å². The number of urea groups is 1. The zero-order valence-electron chi connectivity index (χ0n) is 28.1. The van der Waals surface area contributed by atoms with Gasteiger partial charge in [-0.15, -0.1) is 0 Å². The van der Waals surface area contributed by atoms with E-state index in [1.807, 2.05) is 47.4 Å². The zero-order valence-corrected chi connectivity index (χ0v) is 29.7. The monoisotopic (exact) mass is 731 g/mol. The number of halogens is 1. The van der Waals surface area contributed by atoms with Crippen LogP contribution in [0.2, 0.25) is 0 Å². The minimum absolute atomic E-state index is 0.0130. The lowest BCUT2D eigenvalue weighted by molar-refractivity contribution is -0.116. The van der Waals surface area contributed by atoms with Crippen LogP contribution in [0.15, 0.2) is 144 Å². The number of aliphatic hydroxyl groups is 1. The number of anilines is 1. The molecule has 2 fully saturated rings. The number of nitrogens with zero attached hydrogens (tertiary/aromatic N) is 2. The molecule has 5 aromatic carbocycles. The number of rotatable bonds is 9. The molecule has 2 aliphatic rings. The number of amides is 2. The molecule has 2 saturated heterocycles. The van der Waals surface area contributed by atoms with Gasteiger partial charge in [-0.2, -0.15) is 0 Å². The Hall–Kier alpha value is -4.47. The minimum atomic E-state index is -0.870. The van der Waals surface area contributed by atoms with Crippen molar-refractivity contribution >= 4 is 27.6 Å². The van der Waals surface area contributed by atoms with Gasteiger partial charge in [-0.25, -0.2) is 4.79 Å². The van der Waals surface area contributed by atoms with Crippen molar-refractivity contribution in [2.45, 2.75) is 36.1 Å². The molecule has 0 radical (unpaired) electrons. The number of fused-ring (bicyclic) bond motifs is 1. The lowest BCUT2D eigenvalue weighted by Gasteiger charge is -2.58. The van der Waals surface area contributed by atoms with E-state index in [1.165, 1.54) is 5.56 Å². The van der Waals surface area contributed by atoms with Crippen molar-refractivity contribution in [2.75, 3.05) is 38.7 Å². The molecule has 4 atom stereocenters. The largest absolute Gasteiger partial charge is 0.497 e. The Kier molecular flexibility index (Phi) is 10.3. The van der Waals surface area contributed by atoms with Crippen LogP contribution in [0.1, 0.15) is 34.6 Å². The molecule has 2 amide bonds. The van der Waals surface area contributed by atoms with Crippen LogP contribution in [0.25, 0.3) is 0 Å². The third-order valence-electron chi connectivity index (χ3n) is 10.1. The quantitative estimate of drug-likeness (QED) is 0.151. The first-order valence-electron chi connectivity index (χ1n) is 17.2. The zero-order chi connectivity index (χ0) is 34.5. The van der Waals surface area contributed by atoms with Crippen LogP contribution in [-0.2, 0) is 10.3 Å². The molecule has 256 valence electrons. The lowest BCUT2D eigenvalue weighted by Crippen LogP contribution is -2.70. The molecule has 7 nitrogen and oxygen atoms in total. The molecule has 2 heterocycles. The van der Waals surface area contributed by atoms with Crippen molar-refractivity contribution in [2.24, 2.45) is 0 Å². The highest BCUT2D eigenvalue weighted by Crippen LogP contribution is 2.46. The predicted molar refractivity (Wildman–Crippen MR) is 201 cm³/mol. The first-order valence-corrected chi connectivity index (χ1v) is 18.0. The summed E-state index contributed by atoms with van der Waals surface area (Å²) in [6.45, 7) is 1.89. The first kappa shape index (κ1) is 34.0. The van der Waals surface area contributed by atoms with Gasteiger partial charge >= 0.3 is 6.03 Å². The molecule has 0 spiro atoms. The molecule has 0 saturated carbocycles. The standard InChI is InChI=1S/C42H42BrN3O4/c1-49-37-23-21-35(22-24-37)44-41(48)45-26-25-36(47)27-46-38(28-45)40(30-17-19-34(43)20-18-30)39(46)29-50-42(31-11-5-2-6-12-31,32-13-7-3-8-14-32)33-15-9-4-10-16-33/h2-24,36,38-40,47H,25-29H2,1H3,(H,44,48)/t36?,38-,39+,40-/m0/s1. The summed E-state index contributed by atoms with van der Waals surface area (Å²) in [6, 6.07) is 46.8. The fraction of sp³-hybridized carbons (Fsp3) is 0.262. The average molecular weight is 733 g/mol. The number of nitrogens with one attached hydrogen (secondary N) is 1. The Labute approximate surface area is 302 Å². The fourth-order valence-electron chi connectivity index (χ4n) is 7.63. The molecular weight excluding hydrogens is 690 g/mol. The van der Waals surface area contributed by atoms with Gasteiger partial charge in [-0.3, -0.25) is 4.90 Å². The maximum absolute atomic E-state index is 13.7. The topological polar surface area (TPSA) is 74.3 Å². The van der Waals surface area contributed by atoms with Gasteiger partial charge in [0.1, 0.15) is 11.4 Å². The van der Waals surface area contributed by atoms with Gasteiger partial charge in [0.05, 0.1) is 19.8 Å². The first-order chi connectivity index (χ1) is 24.5. The van der Waals surface area contributed by atoms with Crippen molar-refractivity contribution in [3.8, 4) is 5.75 Å². The maximum Gasteiger partial charge on any atom is 0.321 e. The third kappa shape index (κ3) is 6.94. The van der Waals surface area contributed by atoms with E-state index in [0.29, 0.717) is 38.3 Å². The fourth-order valence-corrected chi connectivity index (χ4v) is 7.89. The van der Waals surface area contributed by atoms with Crippen LogP contribution in [0.3, 0.4) is 0 Å². The normalized spacial score (nSPS) is 20.9. The molecule has 0 aromatic heterocycles. The number of benzene rings is 5. The SMILES string of the molecule is COc1ccc(NC(=O)N2CCC(O)CN3[C@H](COC(c4ccccc4)(c4ccccc4)c4ccccc4)[C@@H](c4ccc(Br)cc4)[C@@H]3C2)cc1. The molecule has 2 aliphatic heterocycles. The van der Waals surface area contributed by atoms with Crippen molar-refractivity contribution in [1.82, 2.24) is 9.80 Å². The molecular formula is C42H42BrN3O4. The number of aliphatic hydroxyl groups excluding tert-OH is 1. The van der Waals surface area contributed by atoms with Crippen LogP contribution in [-0.4, -0.2) is 72.5 Å². The summed E-state index contributed by atoms with van der Waals surface area (Å²) >= 11 is 3.62. The van der Waals surface area contributed by atoms with E-state index < -0.39 is 11.7 Å². The molecule has 2 N–H and O–H groups in total. The van der Waals surface area contributed by atoms with Gasteiger partial charge in [-0.05, 0) is 65.1 Å². The van der Waals surface area contributed by atoms with Crippen LogP contribution < -0.4 is 10.1 Å². The Balaban J connectivity index is 1.23. The van der Waals surface area contributed by atoms with Gasteiger partial charge < -0.3 is 24.8 Å². The van der Waals surface area contributed by atoms with Gasteiger partial charge in [0.25, 0.3) is 0 Å². The number of ether oxygens (including phenoxy) is 2. The molecule has 0 aliphatic carbocycles. The summed E-state index contributed by atoms with van der Waals surface area (Å²) in [5.74, 6) is 0.786. The number of carbonyl (C=O) groups is 1. The summed E-state index contributed by atoms with van der Waals surface area (Å²) < 4.78 is 13.7. The smallest absolute Gasteiger partial charge is 0.321 e. The van der Waals surface area contributed by atoms with E-state index in [4.69, 9.17) is 9.47 Å². The van der Waals surface area contributed by atoms with E-state index in [0.717, 1.165) is 26.9 Å². The Morgan fingerprint density at radius 3 is 1.90 bits per heavy atom. The van der Waals surface area contributed by atoms with E-state index in [1.54, 1.807) is 7.11 Å². The van der Waals surface area contributed by atoms with Gasteiger partial charge in [0.15, 0.2) is 0 Å². The molecule has 50 heavy (non-hydrogen) atoms. The summed E-state index contributed by atoms with van der Waals surface area (Å²) in [4.78, 5) is 17.9. The van der Waals surface area contributed by atoms with Crippen LogP contribution in [0.4, 0.5) is 10.5 Å². The Morgan fingerprint density at radius 2 is 1.36 bits per heavy atom. The van der Waals surface area contributed by atoms with Gasteiger partial charge in [-0.1, -0.05) is 119 Å². The Bertz CT molecular complexity index is 1750. The highest BCUT2D eigenvalue weighted by molar-refractivity contribution is 9.10. The second-order valence-electron chi connectivity index (χ2n) is 13.0. The van der Waals surface area contributed by atoms with E-state index in [-0.39, 0.29) is 24.0 Å². The summed E-state index contributed by atoms with van der Waals surface area (Å²) in [5.41, 5.74) is 4.13.